The third kappa shape index (κ3) is 6.59. The normalized spacial score (nSPS) is 25.6. The van der Waals surface area contributed by atoms with Crippen molar-refractivity contribution < 1.29 is 31.2 Å². The number of alkyl halides is 3. The molecule has 1 saturated heterocycles. The van der Waals surface area contributed by atoms with E-state index in [1.54, 1.807) is 11.8 Å². The SMILES string of the molecule is CCS(=O)(=O)C[C@@H]1C[C@H](N(C)C(C)C)CC[C@@H]1N1CCC(NC(=O)c2cccc(C(F)(F)F)c2)C1=O. The fourth-order valence-electron chi connectivity index (χ4n) is 5.29. The number of halogens is 3. The van der Waals surface area contributed by atoms with Gasteiger partial charge in [0.15, 0.2) is 0 Å². The zero-order chi connectivity index (χ0) is 26.8. The Kier molecular flexibility index (Phi) is 8.75. The summed E-state index contributed by atoms with van der Waals surface area (Å²) < 4.78 is 64.1. The Bertz CT molecular complexity index is 1060. The van der Waals surface area contributed by atoms with E-state index in [-0.39, 0.29) is 41.0 Å². The largest absolute Gasteiger partial charge is 0.416 e. The molecule has 1 unspecified atom stereocenters. The van der Waals surface area contributed by atoms with Gasteiger partial charge in [-0.05, 0) is 70.7 Å². The number of hydrogen-bond donors (Lipinski definition) is 1. The third-order valence-electron chi connectivity index (χ3n) is 7.61. The van der Waals surface area contributed by atoms with Gasteiger partial charge in [-0.25, -0.2) is 8.42 Å². The number of benzene rings is 1. The van der Waals surface area contributed by atoms with E-state index in [1.807, 2.05) is 7.05 Å². The zero-order valence-electron chi connectivity index (χ0n) is 21.2. The highest BCUT2D eigenvalue weighted by Crippen LogP contribution is 2.35. The van der Waals surface area contributed by atoms with Crippen molar-refractivity contribution in [1.82, 2.24) is 15.1 Å². The van der Waals surface area contributed by atoms with Crippen LogP contribution in [0.1, 0.15) is 62.4 Å². The van der Waals surface area contributed by atoms with Gasteiger partial charge in [-0.3, -0.25) is 9.59 Å². The lowest BCUT2D eigenvalue weighted by atomic mass is 9.81. The second-order valence-corrected chi connectivity index (χ2v) is 12.6. The predicted octanol–water partition coefficient (Wildman–Crippen LogP) is 3.35. The Morgan fingerprint density at radius 3 is 2.53 bits per heavy atom. The molecule has 0 radical (unpaired) electrons. The van der Waals surface area contributed by atoms with Crippen LogP contribution in [0.3, 0.4) is 0 Å². The summed E-state index contributed by atoms with van der Waals surface area (Å²) in [5.74, 6) is -1.24. The van der Waals surface area contributed by atoms with Crippen molar-refractivity contribution in [2.75, 3.05) is 25.1 Å². The molecule has 4 atom stereocenters. The van der Waals surface area contributed by atoms with Gasteiger partial charge in [0.05, 0.1) is 11.3 Å². The maximum Gasteiger partial charge on any atom is 0.416 e. The Hall–Kier alpha value is -2.14. The molecule has 1 aliphatic carbocycles. The standard InChI is InChI=1S/C25H36F3N3O4S/c1-5-36(34,35)15-18-14-20(30(4)16(2)3)9-10-22(18)31-12-11-21(24(31)33)29-23(32)17-7-6-8-19(13-17)25(26,27)28/h6-8,13,16,18,20-22H,5,9-12,14-15H2,1-4H3,(H,29,32)/t18-,20+,21?,22-/m0/s1. The monoisotopic (exact) mass is 531 g/mol. The molecule has 0 aromatic heterocycles. The van der Waals surface area contributed by atoms with E-state index in [0.717, 1.165) is 24.6 Å². The molecule has 11 heteroatoms. The molecular formula is C25H36F3N3O4S. The first-order valence-electron chi connectivity index (χ1n) is 12.4. The van der Waals surface area contributed by atoms with Crippen molar-refractivity contribution in [2.45, 2.75) is 76.8 Å². The molecule has 2 aliphatic rings. The van der Waals surface area contributed by atoms with E-state index < -0.39 is 33.5 Å². The van der Waals surface area contributed by atoms with E-state index in [9.17, 15) is 31.2 Å². The number of nitrogens with one attached hydrogen (secondary N) is 1. The number of hydrogen-bond acceptors (Lipinski definition) is 5. The minimum atomic E-state index is -4.58. The van der Waals surface area contributed by atoms with Gasteiger partial charge in [0.1, 0.15) is 15.9 Å². The van der Waals surface area contributed by atoms with Crippen LogP contribution in [0, 0.1) is 5.92 Å². The Morgan fingerprint density at radius 1 is 1.22 bits per heavy atom. The van der Waals surface area contributed by atoms with Gasteiger partial charge in [-0.15, -0.1) is 0 Å². The van der Waals surface area contributed by atoms with Crippen molar-refractivity contribution in [3.63, 3.8) is 0 Å². The number of sulfone groups is 1. The molecule has 1 aliphatic heterocycles. The molecule has 0 bridgehead atoms. The number of nitrogens with zero attached hydrogens (tertiary/aromatic N) is 2. The molecule has 0 spiro atoms. The Balaban J connectivity index is 1.73. The number of likely N-dealkylation sites (tertiary alicyclic amines) is 1. The molecule has 7 nitrogen and oxygen atoms in total. The topological polar surface area (TPSA) is 86.8 Å². The van der Waals surface area contributed by atoms with Crippen LogP contribution in [0.25, 0.3) is 0 Å². The molecule has 2 fully saturated rings. The number of carbonyl (C=O) groups excluding carboxylic acids is 2. The summed E-state index contributed by atoms with van der Waals surface area (Å²) in [6, 6.07) is 3.50. The molecule has 1 aromatic carbocycles. The molecule has 202 valence electrons. The van der Waals surface area contributed by atoms with Crippen LogP contribution in [-0.4, -0.2) is 79.3 Å². The fraction of sp³-hybridized carbons (Fsp3) is 0.680. The zero-order valence-corrected chi connectivity index (χ0v) is 22.0. The van der Waals surface area contributed by atoms with Gasteiger partial charge < -0.3 is 15.1 Å². The number of carbonyl (C=O) groups is 2. The van der Waals surface area contributed by atoms with Crippen LogP contribution in [-0.2, 0) is 20.8 Å². The minimum Gasteiger partial charge on any atom is -0.340 e. The number of rotatable bonds is 8. The lowest BCUT2D eigenvalue weighted by Gasteiger charge is -2.44. The Morgan fingerprint density at radius 2 is 1.92 bits per heavy atom. The summed E-state index contributed by atoms with van der Waals surface area (Å²) in [4.78, 5) is 29.8. The highest BCUT2D eigenvalue weighted by Gasteiger charge is 2.44. The highest BCUT2D eigenvalue weighted by molar-refractivity contribution is 7.91. The summed E-state index contributed by atoms with van der Waals surface area (Å²) in [5, 5.41) is 2.58. The van der Waals surface area contributed by atoms with Crippen molar-refractivity contribution in [3.8, 4) is 0 Å². The molecule has 1 heterocycles. The van der Waals surface area contributed by atoms with Crippen LogP contribution in [0.15, 0.2) is 24.3 Å². The van der Waals surface area contributed by atoms with E-state index in [2.05, 4.69) is 24.1 Å². The summed E-state index contributed by atoms with van der Waals surface area (Å²) >= 11 is 0. The maximum atomic E-state index is 13.3. The average molecular weight is 532 g/mol. The van der Waals surface area contributed by atoms with Gasteiger partial charge in [0, 0.05) is 36.0 Å². The van der Waals surface area contributed by atoms with E-state index in [4.69, 9.17) is 0 Å². The molecule has 3 rings (SSSR count). The predicted molar refractivity (Wildman–Crippen MR) is 131 cm³/mol. The van der Waals surface area contributed by atoms with Gasteiger partial charge in [0.25, 0.3) is 5.91 Å². The van der Waals surface area contributed by atoms with Crippen LogP contribution in [0.5, 0.6) is 0 Å². The molecule has 1 aromatic rings. The molecule has 2 amide bonds. The van der Waals surface area contributed by atoms with Crippen molar-refractivity contribution in [1.29, 1.82) is 0 Å². The molecule has 36 heavy (non-hydrogen) atoms. The van der Waals surface area contributed by atoms with Gasteiger partial charge in [0.2, 0.25) is 5.91 Å². The lowest BCUT2D eigenvalue weighted by Crippen LogP contribution is -2.53. The van der Waals surface area contributed by atoms with Gasteiger partial charge in [-0.1, -0.05) is 13.0 Å². The quantitative estimate of drug-likeness (QED) is 0.556. The van der Waals surface area contributed by atoms with Crippen molar-refractivity contribution in [3.05, 3.63) is 35.4 Å². The second-order valence-electron chi connectivity index (χ2n) is 10.2. The van der Waals surface area contributed by atoms with Gasteiger partial charge >= 0.3 is 6.18 Å². The summed E-state index contributed by atoms with van der Waals surface area (Å²) in [6.07, 6.45) is -2.11. The average Bonchev–Trinajstić information content (AvgIpc) is 3.17. The fourth-order valence-corrected chi connectivity index (χ4v) is 6.54. The van der Waals surface area contributed by atoms with Crippen LogP contribution >= 0.6 is 0 Å². The van der Waals surface area contributed by atoms with E-state index >= 15 is 0 Å². The first kappa shape index (κ1) is 28.4. The first-order chi connectivity index (χ1) is 16.7. The van der Waals surface area contributed by atoms with Crippen LogP contribution < -0.4 is 5.32 Å². The third-order valence-corrected chi connectivity index (χ3v) is 9.43. The second kappa shape index (κ2) is 11.1. The maximum absolute atomic E-state index is 13.3. The summed E-state index contributed by atoms with van der Waals surface area (Å²) in [7, 11) is -1.24. The lowest BCUT2D eigenvalue weighted by molar-refractivity contribution is -0.137. The highest BCUT2D eigenvalue weighted by atomic mass is 32.2. The summed E-state index contributed by atoms with van der Waals surface area (Å²) in [5.41, 5.74) is -1.10. The smallest absolute Gasteiger partial charge is 0.340 e. The van der Waals surface area contributed by atoms with E-state index in [1.165, 1.54) is 6.07 Å². The van der Waals surface area contributed by atoms with Crippen LogP contribution in [0.4, 0.5) is 13.2 Å². The van der Waals surface area contributed by atoms with Crippen LogP contribution in [0.2, 0.25) is 0 Å². The number of amides is 2. The first-order valence-corrected chi connectivity index (χ1v) is 14.3. The van der Waals surface area contributed by atoms with Crippen molar-refractivity contribution in [2.24, 2.45) is 5.92 Å². The van der Waals surface area contributed by atoms with E-state index in [0.29, 0.717) is 31.8 Å². The summed E-state index contributed by atoms with van der Waals surface area (Å²) in [6.45, 7) is 6.16. The Labute approximate surface area is 211 Å². The van der Waals surface area contributed by atoms with Crippen molar-refractivity contribution >= 4 is 21.7 Å². The molecular weight excluding hydrogens is 495 g/mol. The molecule has 1 saturated carbocycles. The minimum absolute atomic E-state index is 0.00163. The van der Waals surface area contributed by atoms with Gasteiger partial charge in [-0.2, -0.15) is 13.2 Å². The molecule has 1 N–H and O–H groups in total.